The molecule has 1 aliphatic rings. The van der Waals surface area contributed by atoms with Crippen LogP contribution in [0.3, 0.4) is 0 Å². The van der Waals surface area contributed by atoms with Crippen molar-refractivity contribution in [2.45, 2.75) is 24.8 Å². The Morgan fingerprint density at radius 3 is 2.81 bits per heavy atom. The summed E-state index contributed by atoms with van der Waals surface area (Å²) in [5.74, 6) is 0. The molecule has 0 amide bonds. The molecule has 2 atom stereocenters. The Kier molecular flexibility index (Phi) is 3.72. The van der Waals surface area contributed by atoms with Gasteiger partial charge in [-0.15, -0.1) is 11.6 Å². The molecule has 0 N–H and O–H groups in total. The smallest absolute Gasteiger partial charge is 0.0773 e. The minimum absolute atomic E-state index is 0.0818. The standard InChI is InChI=1S/C13H18ClNO/c1-10-5-3-4-6-12(10)15(2)13-7-8-16-9-11(13)14/h3-6,11,13H,7-9H2,1-2H3. The van der Waals surface area contributed by atoms with E-state index in [-0.39, 0.29) is 5.38 Å². The zero-order chi connectivity index (χ0) is 11.5. The summed E-state index contributed by atoms with van der Waals surface area (Å²) in [4.78, 5) is 2.29. The van der Waals surface area contributed by atoms with Gasteiger partial charge in [-0.25, -0.2) is 0 Å². The molecule has 16 heavy (non-hydrogen) atoms. The fraction of sp³-hybridized carbons (Fsp3) is 0.538. The fourth-order valence-corrected chi connectivity index (χ4v) is 2.65. The molecule has 0 radical (unpaired) electrons. The summed E-state index contributed by atoms with van der Waals surface area (Å²) < 4.78 is 5.37. The molecule has 1 saturated heterocycles. The van der Waals surface area contributed by atoms with Gasteiger partial charge in [0.15, 0.2) is 0 Å². The molecule has 0 bridgehead atoms. The molecule has 0 spiro atoms. The second kappa shape index (κ2) is 5.07. The second-order valence-electron chi connectivity index (χ2n) is 4.34. The normalized spacial score (nSPS) is 25.4. The van der Waals surface area contributed by atoms with Crippen LogP contribution < -0.4 is 4.90 Å². The number of rotatable bonds is 2. The summed E-state index contributed by atoms with van der Waals surface area (Å²) in [6.45, 7) is 3.60. The van der Waals surface area contributed by atoms with Crippen molar-refractivity contribution in [2.24, 2.45) is 0 Å². The topological polar surface area (TPSA) is 12.5 Å². The number of halogens is 1. The molecule has 2 rings (SSSR count). The van der Waals surface area contributed by atoms with Gasteiger partial charge in [0.05, 0.1) is 12.0 Å². The number of anilines is 1. The van der Waals surface area contributed by atoms with Crippen LogP contribution >= 0.6 is 11.6 Å². The summed E-state index contributed by atoms with van der Waals surface area (Å²) in [5.41, 5.74) is 2.56. The van der Waals surface area contributed by atoms with Crippen LogP contribution in [0, 0.1) is 6.92 Å². The molecule has 3 heteroatoms. The van der Waals surface area contributed by atoms with Crippen molar-refractivity contribution >= 4 is 17.3 Å². The number of alkyl halides is 1. The predicted molar refractivity (Wildman–Crippen MR) is 68.4 cm³/mol. The first kappa shape index (κ1) is 11.7. The predicted octanol–water partition coefficient (Wildman–Crippen LogP) is 2.83. The largest absolute Gasteiger partial charge is 0.380 e. The van der Waals surface area contributed by atoms with Crippen LogP contribution in [0.15, 0.2) is 24.3 Å². The Hall–Kier alpha value is -0.730. The molecule has 1 heterocycles. The highest BCUT2D eigenvalue weighted by Gasteiger charge is 2.27. The summed E-state index contributed by atoms with van der Waals surface area (Å²) in [6, 6.07) is 8.79. The maximum Gasteiger partial charge on any atom is 0.0773 e. The van der Waals surface area contributed by atoms with E-state index in [4.69, 9.17) is 16.3 Å². The third-order valence-electron chi connectivity index (χ3n) is 3.25. The third kappa shape index (κ3) is 2.33. The van der Waals surface area contributed by atoms with Gasteiger partial charge in [-0.1, -0.05) is 18.2 Å². The average molecular weight is 240 g/mol. The van der Waals surface area contributed by atoms with E-state index in [1.165, 1.54) is 11.3 Å². The highest BCUT2D eigenvalue weighted by Crippen LogP contribution is 2.26. The first-order valence-corrected chi connectivity index (χ1v) is 6.14. The minimum atomic E-state index is 0.0818. The van der Waals surface area contributed by atoms with Gasteiger partial charge in [0, 0.05) is 25.4 Å². The highest BCUT2D eigenvalue weighted by atomic mass is 35.5. The van der Waals surface area contributed by atoms with Crippen LogP contribution in [-0.2, 0) is 4.74 Å². The molecular weight excluding hydrogens is 222 g/mol. The summed E-state index contributed by atoms with van der Waals surface area (Å²) in [7, 11) is 2.12. The number of benzene rings is 1. The Morgan fingerprint density at radius 2 is 2.12 bits per heavy atom. The summed E-state index contributed by atoms with van der Waals surface area (Å²) in [5, 5.41) is 0.0818. The second-order valence-corrected chi connectivity index (χ2v) is 4.90. The monoisotopic (exact) mass is 239 g/mol. The number of hydrogen-bond donors (Lipinski definition) is 0. The van der Waals surface area contributed by atoms with Gasteiger partial charge >= 0.3 is 0 Å². The Bertz CT molecular complexity index is 356. The maximum absolute atomic E-state index is 6.31. The lowest BCUT2D eigenvalue weighted by molar-refractivity contribution is 0.0887. The summed E-state index contributed by atoms with van der Waals surface area (Å²) >= 11 is 6.31. The van der Waals surface area contributed by atoms with Gasteiger partial charge in [0.25, 0.3) is 0 Å². The van der Waals surface area contributed by atoms with E-state index in [0.29, 0.717) is 12.6 Å². The van der Waals surface area contributed by atoms with Gasteiger partial charge < -0.3 is 9.64 Å². The fourth-order valence-electron chi connectivity index (χ4n) is 2.27. The molecule has 0 aromatic heterocycles. The molecule has 2 nitrogen and oxygen atoms in total. The van der Waals surface area contributed by atoms with Crippen molar-refractivity contribution in [3.8, 4) is 0 Å². The molecule has 1 aromatic carbocycles. The van der Waals surface area contributed by atoms with Gasteiger partial charge in [0.2, 0.25) is 0 Å². The van der Waals surface area contributed by atoms with E-state index in [1.54, 1.807) is 0 Å². The van der Waals surface area contributed by atoms with Crippen molar-refractivity contribution in [1.29, 1.82) is 0 Å². The highest BCUT2D eigenvalue weighted by molar-refractivity contribution is 6.21. The first-order chi connectivity index (χ1) is 7.70. The molecule has 88 valence electrons. The van der Waals surface area contributed by atoms with Gasteiger partial charge in [0.1, 0.15) is 0 Å². The first-order valence-electron chi connectivity index (χ1n) is 5.70. The number of nitrogens with zero attached hydrogens (tertiary/aromatic N) is 1. The summed E-state index contributed by atoms with van der Waals surface area (Å²) in [6.07, 6.45) is 0.999. The maximum atomic E-state index is 6.31. The Labute approximate surface area is 102 Å². The zero-order valence-electron chi connectivity index (χ0n) is 9.82. The average Bonchev–Trinajstić information content (AvgIpc) is 2.29. The van der Waals surface area contributed by atoms with E-state index in [0.717, 1.165) is 13.0 Å². The quantitative estimate of drug-likeness (QED) is 0.736. The molecule has 1 aliphatic heterocycles. The van der Waals surface area contributed by atoms with Crippen LogP contribution in [0.2, 0.25) is 0 Å². The molecule has 0 saturated carbocycles. The number of hydrogen-bond acceptors (Lipinski definition) is 2. The van der Waals surface area contributed by atoms with Crippen LogP contribution in [-0.4, -0.2) is 31.7 Å². The lowest BCUT2D eigenvalue weighted by Gasteiger charge is -2.37. The Balaban J connectivity index is 2.17. The third-order valence-corrected chi connectivity index (χ3v) is 3.66. The lowest BCUT2D eigenvalue weighted by Crippen LogP contribution is -2.45. The van der Waals surface area contributed by atoms with Crippen molar-refractivity contribution < 1.29 is 4.74 Å². The van der Waals surface area contributed by atoms with Crippen molar-refractivity contribution in [3.63, 3.8) is 0 Å². The number of aryl methyl sites for hydroxylation is 1. The number of para-hydroxylation sites is 1. The van der Waals surface area contributed by atoms with Crippen LogP contribution in [0.1, 0.15) is 12.0 Å². The molecule has 0 aliphatic carbocycles. The lowest BCUT2D eigenvalue weighted by atomic mass is 10.0. The van der Waals surface area contributed by atoms with Crippen LogP contribution in [0.5, 0.6) is 0 Å². The number of ether oxygens (including phenoxy) is 1. The van der Waals surface area contributed by atoms with Crippen molar-refractivity contribution in [2.75, 3.05) is 25.2 Å². The van der Waals surface area contributed by atoms with Crippen LogP contribution in [0.4, 0.5) is 5.69 Å². The molecular formula is C13H18ClNO. The van der Waals surface area contributed by atoms with Gasteiger partial charge in [-0.3, -0.25) is 0 Å². The van der Waals surface area contributed by atoms with E-state index >= 15 is 0 Å². The molecule has 2 unspecified atom stereocenters. The minimum Gasteiger partial charge on any atom is -0.380 e. The van der Waals surface area contributed by atoms with Crippen molar-refractivity contribution in [3.05, 3.63) is 29.8 Å². The van der Waals surface area contributed by atoms with E-state index in [2.05, 4.69) is 43.1 Å². The van der Waals surface area contributed by atoms with Gasteiger partial charge in [-0.2, -0.15) is 0 Å². The van der Waals surface area contributed by atoms with Crippen LogP contribution in [0.25, 0.3) is 0 Å². The molecule has 1 fully saturated rings. The van der Waals surface area contributed by atoms with E-state index in [9.17, 15) is 0 Å². The van der Waals surface area contributed by atoms with Crippen molar-refractivity contribution in [1.82, 2.24) is 0 Å². The zero-order valence-corrected chi connectivity index (χ0v) is 10.6. The SMILES string of the molecule is Cc1ccccc1N(C)C1CCOCC1Cl. The van der Waals surface area contributed by atoms with E-state index in [1.807, 2.05) is 0 Å². The Morgan fingerprint density at radius 1 is 1.38 bits per heavy atom. The van der Waals surface area contributed by atoms with Gasteiger partial charge in [-0.05, 0) is 25.0 Å². The molecule has 1 aromatic rings. The van der Waals surface area contributed by atoms with E-state index < -0.39 is 0 Å².